The Bertz CT molecular complexity index is 886. The minimum Gasteiger partial charge on any atom is -0.323 e. The van der Waals surface area contributed by atoms with Crippen molar-refractivity contribution in [3.05, 3.63) is 89.7 Å². The van der Waals surface area contributed by atoms with Crippen molar-refractivity contribution in [3.8, 4) is 5.69 Å². The fourth-order valence-corrected chi connectivity index (χ4v) is 4.47. The minimum absolute atomic E-state index is 0.0823. The summed E-state index contributed by atoms with van der Waals surface area (Å²) in [7, 11) is 0. The maximum atomic E-state index is 12.4. The molecule has 3 aromatic rings. The lowest BCUT2D eigenvalue weighted by atomic mass is 10.1. The molecule has 132 valence electrons. The van der Waals surface area contributed by atoms with Gasteiger partial charge in [0.15, 0.2) is 0 Å². The molecule has 1 aliphatic heterocycles. The monoisotopic (exact) mass is 362 g/mol. The lowest BCUT2D eigenvalue weighted by Gasteiger charge is -2.23. The van der Waals surface area contributed by atoms with E-state index in [1.54, 1.807) is 11.8 Å². The number of carbonyl (C=O) groups is 1. The van der Waals surface area contributed by atoms with Crippen molar-refractivity contribution in [2.75, 3.05) is 5.75 Å². The predicted octanol–water partition coefficient (Wildman–Crippen LogP) is 4.81. The second-order valence-electron chi connectivity index (χ2n) is 6.54. The van der Waals surface area contributed by atoms with Crippen LogP contribution in [0.3, 0.4) is 0 Å². The van der Waals surface area contributed by atoms with E-state index in [-0.39, 0.29) is 11.3 Å². The van der Waals surface area contributed by atoms with Gasteiger partial charge in [-0.1, -0.05) is 49.4 Å². The summed E-state index contributed by atoms with van der Waals surface area (Å²) in [5.41, 5.74) is 4.84. The lowest BCUT2D eigenvalue weighted by molar-refractivity contribution is -0.128. The summed E-state index contributed by atoms with van der Waals surface area (Å²) < 4.78 is 2.14. The van der Waals surface area contributed by atoms with Gasteiger partial charge in [0.05, 0.1) is 5.75 Å². The van der Waals surface area contributed by atoms with Crippen LogP contribution in [0.25, 0.3) is 5.69 Å². The van der Waals surface area contributed by atoms with E-state index in [2.05, 4.69) is 66.3 Å². The van der Waals surface area contributed by atoms with Crippen LogP contribution in [0.2, 0.25) is 0 Å². The molecule has 0 bridgehead atoms. The van der Waals surface area contributed by atoms with Crippen LogP contribution < -0.4 is 0 Å². The quantitative estimate of drug-likeness (QED) is 0.650. The third-order valence-electron chi connectivity index (χ3n) is 4.81. The first-order valence-electron chi connectivity index (χ1n) is 8.97. The number of hydrogen-bond donors (Lipinski definition) is 0. The van der Waals surface area contributed by atoms with Crippen molar-refractivity contribution < 1.29 is 4.79 Å². The van der Waals surface area contributed by atoms with Gasteiger partial charge in [-0.25, -0.2) is 0 Å². The normalized spacial score (nSPS) is 17.0. The van der Waals surface area contributed by atoms with E-state index in [1.807, 2.05) is 23.1 Å². The van der Waals surface area contributed by atoms with Crippen LogP contribution in [-0.4, -0.2) is 21.1 Å². The summed E-state index contributed by atoms with van der Waals surface area (Å²) in [5.74, 6) is 0.761. The van der Waals surface area contributed by atoms with Crippen LogP contribution in [0.15, 0.2) is 73.1 Å². The van der Waals surface area contributed by atoms with Crippen molar-refractivity contribution in [2.24, 2.45) is 0 Å². The molecular formula is C22H22N2OS. The van der Waals surface area contributed by atoms with E-state index < -0.39 is 0 Å². The van der Waals surface area contributed by atoms with Crippen molar-refractivity contribution >= 4 is 17.7 Å². The number of thioether (sulfide) groups is 1. The predicted molar refractivity (Wildman–Crippen MR) is 107 cm³/mol. The summed E-state index contributed by atoms with van der Waals surface area (Å²) in [5, 5.41) is 0.0823. The minimum atomic E-state index is 0.0823. The average molecular weight is 362 g/mol. The number of benzene rings is 2. The van der Waals surface area contributed by atoms with Gasteiger partial charge in [-0.3, -0.25) is 4.79 Å². The molecule has 1 fully saturated rings. The Hall–Kier alpha value is -2.46. The lowest BCUT2D eigenvalue weighted by Crippen LogP contribution is -2.27. The van der Waals surface area contributed by atoms with Gasteiger partial charge in [0.1, 0.15) is 5.37 Å². The van der Waals surface area contributed by atoms with Crippen molar-refractivity contribution in [2.45, 2.75) is 25.3 Å². The highest BCUT2D eigenvalue weighted by atomic mass is 32.2. The molecule has 1 atom stereocenters. The van der Waals surface area contributed by atoms with Crippen LogP contribution in [0, 0.1) is 0 Å². The summed E-state index contributed by atoms with van der Waals surface area (Å²) >= 11 is 1.71. The van der Waals surface area contributed by atoms with Crippen molar-refractivity contribution in [3.63, 3.8) is 0 Å². The third kappa shape index (κ3) is 3.42. The number of rotatable bonds is 5. The molecule has 0 unspecified atom stereocenters. The first-order valence-corrected chi connectivity index (χ1v) is 10.0. The summed E-state index contributed by atoms with van der Waals surface area (Å²) in [6.07, 6.45) is 5.28. The second-order valence-corrected chi connectivity index (χ2v) is 7.61. The molecule has 2 aromatic carbocycles. The first-order chi connectivity index (χ1) is 12.7. The fraction of sp³-hybridized carbons (Fsp3) is 0.227. The van der Waals surface area contributed by atoms with Gasteiger partial charge in [-0.15, -0.1) is 11.8 Å². The van der Waals surface area contributed by atoms with Crippen LogP contribution >= 0.6 is 11.8 Å². The smallest absolute Gasteiger partial charge is 0.234 e. The molecule has 3 nitrogen and oxygen atoms in total. The van der Waals surface area contributed by atoms with Gasteiger partial charge in [-0.05, 0) is 35.7 Å². The highest BCUT2D eigenvalue weighted by Gasteiger charge is 2.33. The van der Waals surface area contributed by atoms with Gasteiger partial charge < -0.3 is 9.47 Å². The maximum Gasteiger partial charge on any atom is 0.234 e. The number of carbonyl (C=O) groups excluding carboxylic acids is 1. The zero-order chi connectivity index (χ0) is 17.9. The van der Waals surface area contributed by atoms with E-state index in [4.69, 9.17) is 0 Å². The van der Waals surface area contributed by atoms with Crippen LogP contribution in [0.4, 0.5) is 0 Å². The zero-order valence-electron chi connectivity index (χ0n) is 14.8. The first kappa shape index (κ1) is 17.0. The SMILES string of the molecule is CCc1ccc(-n2ccc([C@@H]3SCC(=O)N3Cc3ccccc3)c2)cc1. The Balaban J connectivity index is 1.56. The third-order valence-corrected chi connectivity index (χ3v) is 6.06. The molecule has 1 amide bonds. The Labute approximate surface area is 158 Å². The molecule has 0 radical (unpaired) electrons. The van der Waals surface area contributed by atoms with Crippen molar-refractivity contribution in [1.82, 2.24) is 9.47 Å². The standard InChI is InChI=1S/C22H22N2OS/c1-2-17-8-10-20(11-9-17)23-13-12-19(15-23)22-24(21(25)16-26-22)14-18-6-4-3-5-7-18/h3-13,15,22H,2,14,16H2,1H3/t22-/m0/s1. The molecule has 0 spiro atoms. The largest absolute Gasteiger partial charge is 0.323 e. The summed E-state index contributed by atoms with van der Waals surface area (Å²) in [6, 6.07) is 21.0. The molecule has 4 heteroatoms. The molecule has 26 heavy (non-hydrogen) atoms. The van der Waals surface area contributed by atoms with Crippen LogP contribution in [-0.2, 0) is 17.8 Å². The molecule has 0 aliphatic carbocycles. The Morgan fingerprint density at radius 2 is 1.77 bits per heavy atom. The number of aromatic nitrogens is 1. The molecule has 4 rings (SSSR count). The Kier molecular flexibility index (Phi) is 4.85. The van der Waals surface area contributed by atoms with Gasteiger partial charge >= 0.3 is 0 Å². The van der Waals surface area contributed by atoms with Crippen LogP contribution in [0.1, 0.15) is 29.0 Å². The van der Waals surface area contributed by atoms with E-state index in [0.717, 1.165) is 12.1 Å². The fourth-order valence-electron chi connectivity index (χ4n) is 3.30. The number of nitrogens with zero attached hydrogens (tertiary/aromatic N) is 2. The molecule has 1 aromatic heterocycles. The second kappa shape index (κ2) is 7.42. The molecule has 1 saturated heterocycles. The van der Waals surface area contributed by atoms with E-state index >= 15 is 0 Å². The summed E-state index contributed by atoms with van der Waals surface area (Å²) in [4.78, 5) is 14.4. The Morgan fingerprint density at radius 3 is 2.50 bits per heavy atom. The Morgan fingerprint density at radius 1 is 1.00 bits per heavy atom. The number of amides is 1. The molecule has 0 N–H and O–H groups in total. The van der Waals surface area contributed by atoms with E-state index in [1.165, 1.54) is 16.7 Å². The molecule has 1 aliphatic rings. The van der Waals surface area contributed by atoms with Gasteiger partial charge in [0.2, 0.25) is 5.91 Å². The van der Waals surface area contributed by atoms with Crippen molar-refractivity contribution in [1.29, 1.82) is 0 Å². The molecule has 0 saturated carbocycles. The summed E-state index contributed by atoms with van der Waals surface area (Å²) in [6.45, 7) is 2.83. The van der Waals surface area contributed by atoms with Gasteiger partial charge in [0, 0.05) is 30.2 Å². The number of hydrogen-bond acceptors (Lipinski definition) is 2. The zero-order valence-corrected chi connectivity index (χ0v) is 15.7. The molecular weight excluding hydrogens is 340 g/mol. The van der Waals surface area contributed by atoms with E-state index in [0.29, 0.717) is 12.3 Å². The number of aryl methyl sites for hydroxylation is 1. The average Bonchev–Trinajstić information content (AvgIpc) is 3.30. The van der Waals surface area contributed by atoms with Gasteiger partial charge in [-0.2, -0.15) is 0 Å². The topological polar surface area (TPSA) is 25.2 Å². The van der Waals surface area contributed by atoms with Gasteiger partial charge in [0.25, 0.3) is 0 Å². The van der Waals surface area contributed by atoms with E-state index in [9.17, 15) is 4.79 Å². The molecule has 2 heterocycles. The van der Waals surface area contributed by atoms with Crippen LogP contribution in [0.5, 0.6) is 0 Å². The maximum absolute atomic E-state index is 12.4. The highest BCUT2D eigenvalue weighted by molar-refractivity contribution is 8.00. The highest BCUT2D eigenvalue weighted by Crippen LogP contribution is 2.39.